The van der Waals surface area contributed by atoms with Crippen molar-refractivity contribution in [3.63, 3.8) is 0 Å². The largest absolute Gasteiger partial charge is 0.314 e. The summed E-state index contributed by atoms with van der Waals surface area (Å²) in [4.78, 5) is 2.55. The zero-order valence-corrected chi connectivity index (χ0v) is 9.80. The number of nitrogens with one attached hydrogen (secondary N) is 1. The molecule has 0 atom stereocenters. The molecule has 0 amide bonds. The quantitative estimate of drug-likeness (QED) is 0.714. The highest BCUT2D eigenvalue weighted by Gasteiger charge is 2.18. The first-order valence-electron chi connectivity index (χ1n) is 6.47. The first kappa shape index (κ1) is 11.2. The van der Waals surface area contributed by atoms with Gasteiger partial charge in [-0.3, -0.25) is 4.90 Å². The van der Waals surface area contributed by atoms with Gasteiger partial charge < -0.3 is 5.32 Å². The Kier molecular flexibility index (Phi) is 4.21. The topological polar surface area (TPSA) is 15.3 Å². The third-order valence-electron chi connectivity index (χ3n) is 3.82. The highest BCUT2D eigenvalue weighted by atomic mass is 15.2. The molecule has 1 aliphatic carbocycles. The van der Waals surface area contributed by atoms with E-state index in [1.54, 1.807) is 0 Å². The Bertz CT molecular complexity index is 201. The molecule has 1 N–H and O–H groups in total. The van der Waals surface area contributed by atoms with Crippen LogP contribution in [0.4, 0.5) is 0 Å². The molecule has 0 spiro atoms. The molecular weight excluding hydrogens is 184 g/mol. The lowest BCUT2D eigenvalue weighted by Gasteiger charge is -2.31. The van der Waals surface area contributed by atoms with E-state index in [1.807, 2.05) is 0 Å². The van der Waals surface area contributed by atoms with Crippen LogP contribution in [0, 0.1) is 5.92 Å². The molecule has 2 nitrogen and oxygen atoms in total. The van der Waals surface area contributed by atoms with E-state index in [9.17, 15) is 0 Å². The number of piperazine rings is 1. The van der Waals surface area contributed by atoms with Gasteiger partial charge in [0.2, 0.25) is 0 Å². The van der Waals surface area contributed by atoms with Crippen LogP contribution in [0.2, 0.25) is 0 Å². The van der Waals surface area contributed by atoms with Crippen LogP contribution < -0.4 is 5.32 Å². The van der Waals surface area contributed by atoms with Gasteiger partial charge in [-0.1, -0.05) is 31.4 Å². The van der Waals surface area contributed by atoms with Crippen LogP contribution in [0.1, 0.15) is 32.1 Å². The number of rotatable bonds is 3. The van der Waals surface area contributed by atoms with Crippen LogP contribution >= 0.6 is 0 Å². The zero-order chi connectivity index (χ0) is 10.5. The summed E-state index contributed by atoms with van der Waals surface area (Å²) in [5.74, 6) is 0.827. The third-order valence-corrected chi connectivity index (χ3v) is 3.82. The minimum Gasteiger partial charge on any atom is -0.314 e. The van der Waals surface area contributed by atoms with Crippen molar-refractivity contribution in [1.29, 1.82) is 0 Å². The summed E-state index contributed by atoms with van der Waals surface area (Å²) in [6.45, 7) is 10.2. The van der Waals surface area contributed by atoms with Crippen LogP contribution in [0.15, 0.2) is 12.2 Å². The Labute approximate surface area is 93.7 Å². The molecule has 0 aromatic rings. The van der Waals surface area contributed by atoms with E-state index in [0.717, 1.165) is 25.6 Å². The highest BCUT2D eigenvalue weighted by Crippen LogP contribution is 2.29. The summed E-state index contributed by atoms with van der Waals surface area (Å²) in [6.07, 6.45) is 7.07. The first-order chi connectivity index (χ1) is 7.36. The molecule has 2 aliphatic rings. The molecule has 2 rings (SSSR count). The van der Waals surface area contributed by atoms with Gasteiger partial charge in [0.1, 0.15) is 0 Å². The van der Waals surface area contributed by atoms with Crippen molar-refractivity contribution in [3.8, 4) is 0 Å². The van der Waals surface area contributed by atoms with Gasteiger partial charge in [-0.15, -0.1) is 0 Å². The zero-order valence-electron chi connectivity index (χ0n) is 9.80. The summed E-state index contributed by atoms with van der Waals surface area (Å²) in [7, 11) is 0. The fourth-order valence-electron chi connectivity index (χ4n) is 2.80. The third kappa shape index (κ3) is 3.32. The molecule has 0 aromatic carbocycles. The molecule has 1 saturated heterocycles. The maximum absolute atomic E-state index is 4.31. The molecule has 86 valence electrons. The molecule has 0 unspecified atom stereocenters. The monoisotopic (exact) mass is 208 g/mol. The Hall–Kier alpha value is -0.340. The van der Waals surface area contributed by atoms with Crippen LogP contribution in [0.3, 0.4) is 0 Å². The van der Waals surface area contributed by atoms with E-state index in [0.29, 0.717) is 0 Å². The molecule has 15 heavy (non-hydrogen) atoms. The summed E-state index contributed by atoms with van der Waals surface area (Å²) in [6, 6.07) is 0. The Morgan fingerprint density at radius 3 is 2.47 bits per heavy atom. The second kappa shape index (κ2) is 5.66. The molecule has 0 radical (unpaired) electrons. The first-order valence-corrected chi connectivity index (χ1v) is 6.47. The summed E-state index contributed by atoms with van der Waals surface area (Å²) in [5.41, 5.74) is 1.50. The van der Waals surface area contributed by atoms with Crippen molar-refractivity contribution >= 4 is 0 Å². The molecule has 0 aromatic heterocycles. The van der Waals surface area contributed by atoms with Gasteiger partial charge in [-0.05, 0) is 18.8 Å². The Morgan fingerprint density at radius 1 is 1.13 bits per heavy atom. The molecule has 1 heterocycles. The Balaban J connectivity index is 1.74. The van der Waals surface area contributed by atoms with Crippen LogP contribution in [0.5, 0.6) is 0 Å². The van der Waals surface area contributed by atoms with Crippen LogP contribution in [0.25, 0.3) is 0 Å². The second-order valence-electron chi connectivity index (χ2n) is 5.02. The predicted octanol–water partition coefficient (Wildman–Crippen LogP) is 2.03. The van der Waals surface area contributed by atoms with E-state index in [-0.39, 0.29) is 0 Å². The molecule has 2 fully saturated rings. The van der Waals surface area contributed by atoms with Crippen molar-refractivity contribution in [2.45, 2.75) is 32.1 Å². The van der Waals surface area contributed by atoms with Crippen molar-refractivity contribution in [2.75, 3.05) is 32.7 Å². The van der Waals surface area contributed by atoms with Gasteiger partial charge in [-0.2, -0.15) is 0 Å². The molecule has 2 heteroatoms. The average Bonchev–Trinajstić information content (AvgIpc) is 2.31. The molecule has 1 saturated carbocycles. The summed E-state index contributed by atoms with van der Waals surface area (Å²) >= 11 is 0. The van der Waals surface area contributed by atoms with Crippen molar-refractivity contribution in [3.05, 3.63) is 12.2 Å². The number of nitrogens with zero attached hydrogens (tertiary/aromatic N) is 1. The normalized spacial score (nSPS) is 25.3. The SMILES string of the molecule is C=C(CN1CCNCC1)C1CCCCC1. The summed E-state index contributed by atoms with van der Waals surface area (Å²) in [5, 5.41) is 3.40. The van der Waals surface area contributed by atoms with Crippen LogP contribution in [-0.4, -0.2) is 37.6 Å². The van der Waals surface area contributed by atoms with Crippen LogP contribution in [-0.2, 0) is 0 Å². The van der Waals surface area contributed by atoms with Crippen molar-refractivity contribution < 1.29 is 0 Å². The van der Waals surface area contributed by atoms with Crippen molar-refractivity contribution in [1.82, 2.24) is 10.2 Å². The summed E-state index contributed by atoms with van der Waals surface area (Å²) < 4.78 is 0. The van der Waals surface area contributed by atoms with Gasteiger partial charge in [-0.25, -0.2) is 0 Å². The maximum atomic E-state index is 4.31. The fourth-order valence-corrected chi connectivity index (χ4v) is 2.80. The number of hydrogen-bond donors (Lipinski definition) is 1. The molecule has 1 aliphatic heterocycles. The minimum absolute atomic E-state index is 0.827. The van der Waals surface area contributed by atoms with Gasteiger partial charge in [0, 0.05) is 32.7 Å². The molecular formula is C13H24N2. The van der Waals surface area contributed by atoms with E-state index in [4.69, 9.17) is 0 Å². The second-order valence-corrected chi connectivity index (χ2v) is 5.02. The smallest absolute Gasteiger partial charge is 0.0194 e. The lowest BCUT2D eigenvalue weighted by molar-refractivity contribution is 0.246. The standard InChI is InChI=1S/C13H24N2/c1-12(13-5-3-2-4-6-13)11-15-9-7-14-8-10-15/h13-14H,1-11H2. The van der Waals surface area contributed by atoms with E-state index < -0.39 is 0 Å². The van der Waals surface area contributed by atoms with Gasteiger partial charge in [0.05, 0.1) is 0 Å². The van der Waals surface area contributed by atoms with Gasteiger partial charge >= 0.3 is 0 Å². The lowest BCUT2D eigenvalue weighted by atomic mass is 9.84. The van der Waals surface area contributed by atoms with Gasteiger partial charge in [0.25, 0.3) is 0 Å². The number of hydrogen-bond acceptors (Lipinski definition) is 2. The predicted molar refractivity (Wildman–Crippen MR) is 65.0 cm³/mol. The van der Waals surface area contributed by atoms with E-state index >= 15 is 0 Å². The van der Waals surface area contributed by atoms with E-state index in [1.165, 1.54) is 50.8 Å². The highest BCUT2D eigenvalue weighted by molar-refractivity contribution is 5.04. The van der Waals surface area contributed by atoms with Gasteiger partial charge in [0.15, 0.2) is 0 Å². The lowest BCUT2D eigenvalue weighted by Crippen LogP contribution is -2.44. The molecule has 0 bridgehead atoms. The average molecular weight is 208 g/mol. The maximum Gasteiger partial charge on any atom is 0.0194 e. The minimum atomic E-state index is 0.827. The Morgan fingerprint density at radius 2 is 1.80 bits per heavy atom. The fraction of sp³-hybridized carbons (Fsp3) is 0.846. The van der Waals surface area contributed by atoms with Crippen molar-refractivity contribution in [2.24, 2.45) is 5.92 Å². The van der Waals surface area contributed by atoms with E-state index in [2.05, 4.69) is 16.8 Å².